The van der Waals surface area contributed by atoms with Crippen LogP contribution in [0.5, 0.6) is 0 Å². The molecular formula is C13H22N4O3. The van der Waals surface area contributed by atoms with Crippen LogP contribution >= 0.6 is 0 Å². The monoisotopic (exact) mass is 282 g/mol. The van der Waals surface area contributed by atoms with E-state index in [9.17, 15) is 9.59 Å². The van der Waals surface area contributed by atoms with Crippen molar-refractivity contribution in [3.63, 3.8) is 0 Å². The summed E-state index contributed by atoms with van der Waals surface area (Å²) in [5.41, 5.74) is 8.23. The number of likely N-dealkylation sites (tertiary alicyclic amines) is 1. The number of hydrogen-bond donors (Lipinski definition) is 2. The molecule has 0 saturated carbocycles. The number of piperidine rings is 1. The Labute approximate surface area is 118 Å². The largest absolute Gasteiger partial charge is 0.378 e. The van der Waals surface area contributed by atoms with Gasteiger partial charge in [-0.05, 0) is 25.8 Å². The van der Waals surface area contributed by atoms with E-state index in [2.05, 4.69) is 10.5 Å². The van der Waals surface area contributed by atoms with Crippen molar-refractivity contribution in [1.29, 1.82) is 0 Å². The minimum absolute atomic E-state index is 0.0644. The summed E-state index contributed by atoms with van der Waals surface area (Å²) in [6, 6.07) is 0. The van der Waals surface area contributed by atoms with E-state index in [0.717, 1.165) is 19.3 Å². The number of carbonyl (C=O) groups is 2. The van der Waals surface area contributed by atoms with E-state index in [4.69, 9.17) is 10.5 Å². The molecule has 20 heavy (non-hydrogen) atoms. The first-order valence-electron chi connectivity index (χ1n) is 7.17. The van der Waals surface area contributed by atoms with Gasteiger partial charge < -0.3 is 15.4 Å². The van der Waals surface area contributed by atoms with E-state index in [0.29, 0.717) is 44.8 Å². The van der Waals surface area contributed by atoms with Crippen LogP contribution in [0.15, 0.2) is 5.10 Å². The fraction of sp³-hybridized carbons (Fsp3) is 0.769. The summed E-state index contributed by atoms with van der Waals surface area (Å²) >= 11 is 0. The molecule has 0 unspecified atom stereocenters. The number of amides is 2. The summed E-state index contributed by atoms with van der Waals surface area (Å²) in [7, 11) is 0. The standard InChI is InChI=1S/C13H22N4O3/c14-6-1-9-20-10-4-7-17(8-5-10)13(19)11-2-3-12(18)16-15-11/h10H,1-9,14H2,(H,16,18). The summed E-state index contributed by atoms with van der Waals surface area (Å²) in [4.78, 5) is 25.0. The first-order valence-corrected chi connectivity index (χ1v) is 7.17. The van der Waals surface area contributed by atoms with Crippen molar-refractivity contribution >= 4 is 17.5 Å². The molecule has 0 atom stereocenters. The molecule has 3 N–H and O–H groups in total. The van der Waals surface area contributed by atoms with Crippen molar-refractivity contribution in [2.24, 2.45) is 10.8 Å². The second kappa shape index (κ2) is 7.35. The van der Waals surface area contributed by atoms with Crippen molar-refractivity contribution in [2.75, 3.05) is 26.2 Å². The summed E-state index contributed by atoms with van der Waals surface area (Å²) in [6.07, 6.45) is 3.54. The van der Waals surface area contributed by atoms with Gasteiger partial charge in [-0.2, -0.15) is 5.10 Å². The van der Waals surface area contributed by atoms with Crippen LogP contribution in [-0.2, 0) is 14.3 Å². The molecule has 1 fully saturated rings. The van der Waals surface area contributed by atoms with Crippen molar-refractivity contribution < 1.29 is 14.3 Å². The molecule has 0 radical (unpaired) electrons. The third kappa shape index (κ3) is 4.01. The number of rotatable bonds is 5. The lowest BCUT2D eigenvalue weighted by molar-refractivity contribution is -0.127. The Morgan fingerprint density at radius 2 is 2.15 bits per heavy atom. The Morgan fingerprint density at radius 3 is 2.75 bits per heavy atom. The van der Waals surface area contributed by atoms with E-state index >= 15 is 0 Å². The predicted molar refractivity (Wildman–Crippen MR) is 74.0 cm³/mol. The molecular weight excluding hydrogens is 260 g/mol. The maximum Gasteiger partial charge on any atom is 0.270 e. The minimum Gasteiger partial charge on any atom is -0.378 e. The second-order valence-corrected chi connectivity index (χ2v) is 5.10. The molecule has 2 rings (SSSR count). The van der Waals surface area contributed by atoms with Gasteiger partial charge in [-0.3, -0.25) is 9.59 Å². The van der Waals surface area contributed by atoms with E-state index in [-0.39, 0.29) is 17.9 Å². The molecule has 0 aromatic rings. The van der Waals surface area contributed by atoms with Crippen LogP contribution in [0, 0.1) is 0 Å². The smallest absolute Gasteiger partial charge is 0.270 e. The molecule has 0 bridgehead atoms. The lowest BCUT2D eigenvalue weighted by Crippen LogP contribution is -2.45. The van der Waals surface area contributed by atoms with Crippen LogP contribution in [0.1, 0.15) is 32.1 Å². The molecule has 112 valence electrons. The van der Waals surface area contributed by atoms with Crippen LogP contribution in [0.2, 0.25) is 0 Å². The van der Waals surface area contributed by atoms with E-state index in [1.165, 1.54) is 0 Å². The molecule has 0 aromatic heterocycles. The lowest BCUT2D eigenvalue weighted by Gasteiger charge is -2.32. The Bertz CT molecular complexity index is 389. The highest BCUT2D eigenvalue weighted by atomic mass is 16.5. The maximum absolute atomic E-state index is 12.2. The summed E-state index contributed by atoms with van der Waals surface area (Å²) in [5.74, 6) is -0.195. The first-order chi connectivity index (χ1) is 9.70. The zero-order valence-electron chi connectivity index (χ0n) is 11.6. The molecule has 2 amide bonds. The third-order valence-corrected chi connectivity index (χ3v) is 3.58. The Morgan fingerprint density at radius 1 is 1.40 bits per heavy atom. The van der Waals surface area contributed by atoms with Crippen molar-refractivity contribution in [1.82, 2.24) is 10.3 Å². The second-order valence-electron chi connectivity index (χ2n) is 5.10. The third-order valence-electron chi connectivity index (χ3n) is 3.58. The number of carbonyl (C=O) groups excluding carboxylic acids is 2. The van der Waals surface area contributed by atoms with Gasteiger partial charge in [0, 0.05) is 32.5 Å². The SMILES string of the molecule is NCCCOC1CCN(C(=O)C2=NNC(=O)CC2)CC1. The normalized spacial score (nSPS) is 20.6. The van der Waals surface area contributed by atoms with Crippen LogP contribution in [0.25, 0.3) is 0 Å². The molecule has 0 spiro atoms. The zero-order valence-corrected chi connectivity index (χ0v) is 11.6. The van der Waals surface area contributed by atoms with Gasteiger partial charge in [0.05, 0.1) is 6.10 Å². The van der Waals surface area contributed by atoms with Crippen molar-refractivity contribution in [3.8, 4) is 0 Å². The number of nitrogens with two attached hydrogens (primary N) is 1. The molecule has 1 saturated heterocycles. The zero-order chi connectivity index (χ0) is 14.4. The highest BCUT2D eigenvalue weighted by molar-refractivity contribution is 6.39. The van der Waals surface area contributed by atoms with Crippen LogP contribution < -0.4 is 11.2 Å². The Hall–Kier alpha value is -1.47. The summed E-state index contributed by atoms with van der Waals surface area (Å²) in [6.45, 7) is 2.69. The molecule has 2 aliphatic heterocycles. The fourth-order valence-corrected chi connectivity index (χ4v) is 2.37. The summed E-state index contributed by atoms with van der Waals surface area (Å²) < 4.78 is 5.71. The fourth-order valence-electron chi connectivity index (χ4n) is 2.37. The highest BCUT2D eigenvalue weighted by Crippen LogP contribution is 2.15. The molecule has 7 heteroatoms. The first kappa shape index (κ1) is 14.9. The van der Waals surface area contributed by atoms with Crippen LogP contribution in [-0.4, -0.2) is 54.8 Å². The van der Waals surface area contributed by atoms with Gasteiger partial charge in [-0.25, -0.2) is 5.43 Å². The van der Waals surface area contributed by atoms with Gasteiger partial charge in [0.2, 0.25) is 5.91 Å². The summed E-state index contributed by atoms with van der Waals surface area (Å²) in [5, 5.41) is 3.85. The quantitative estimate of drug-likeness (QED) is 0.671. The number of hydrazone groups is 1. The van der Waals surface area contributed by atoms with Crippen LogP contribution in [0.4, 0.5) is 0 Å². The van der Waals surface area contributed by atoms with E-state index < -0.39 is 0 Å². The highest BCUT2D eigenvalue weighted by Gasteiger charge is 2.27. The number of nitrogens with zero attached hydrogens (tertiary/aromatic N) is 2. The van der Waals surface area contributed by atoms with E-state index in [1.54, 1.807) is 4.90 Å². The van der Waals surface area contributed by atoms with Crippen LogP contribution in [0.3, 0.4) is 0 Å². The number of ether oxygens (including phenoxy) is 1. The van der Waals surface area contributed by atoms with Gasteiger partial charge in [-0.15, -0.1) is 0 Å². The van der Waals surface area contributed by atoms with Gasteiger partial charge in [0.25, 0.3) is 5.91 Å². The van der Waals surface area contributed by atoms with Gasteiger partial charge >= 0.3 is 0 Å². The topological polar surface area (TPSA) is 97.0 Å². The molecule has 2 heterocycles. The number of hydrogen-bond acceptors (Lipinski definition) is 5. The van der Waals surface area contributed by atoms with Crippen molar-refractivity contribution in [2.45, 2.75) is 38.2 Å². The molecule has 7 nitrogen and oxygen atoms in total. The molecule has 2 aliphatic rings. The van der Waals surface area contributed by atoms with Crippen molar-refractivity contribution in [3.05, 3.63) is 0 Å². The number of nitrogens with one attached hydrogen (secondary N) is 1. The minimum atomic E-state index is -0.131. The van der Waals surface area contributed by atoms with Gasteiger partial charge in [0.15, 0.2) is 0 Å². The average molecular weight is 282 g/mol. The van der Waals surface area contributed by atoms with Gasteiger partial charge in [-0.1, -0.05) is 0 Å². The molecule has 0 aliphatic carbocycles. The Kier molecular flexibility index (Phi) is 5.49. The molecule has 0 aromatic carbocycles. The van der Waals surface area contributed by atoms with Gasteiger partial charge in [0.1, 0.15) is 5.71 Å². The van der Waals surface area contributed by atoms with E-state index in [1.807, 2.05) is 0 Å². The lowest BCUT2D eigenvalue weighted by atomic mass is 10.1. The predicted octanol–water partition coefficient (Wildman–Crippen LogP) is -0.391. The maximum atomic E-state index is 12.2. The Balaban J connectivity index is 1.76. The average Bonchev–Trinajstić information content (AvgIpc) is 2.48.